The van der Waals surface area contributed by atoms with Gasteiger partial charge in [-0.05, 0) is 44.0 Å². The van der Waals surface area contributed by atoms with E-state index in [1.54, 1.807) is 26.0 Å². The summed E-state index contributed by atoms with van der Waals surface area (Å²) in [4.78, 5) is 11.9. The van der Waals surface area contributed by atoms with Crippen LogP contribution in [0.4, 0.5) is 4.39 Å². The normalized spacial score (nSPS) is 13.8. The van der Waals surface area contributed by atoms with E-state index < -0.39 is 5.41 Å². The Morgan fingerprint density at radius 3 is 2.83 bits per heavy atom. The van der Waals surface area contributed by atoms with Crippen molar-refractivity contribution >= 4 is 21.9 Å². The molecule has 0 radical (unpaired) electrons. The maximum atomic E-state index is 13.2. The van der Waals surface area contributed by atoms with Crippen molar-refractivity contribution in [3.63, 3.8) is 0 Å². The lowest BCUT2D eigenvalue weighted by Crippen LogP contribution is -2.30. The summed E-state index contributed by atoms with van der Waals surface area (Å²) in [7, 11) is 0. The van der Waals surface area contributed by atoms with Crippen molar-refractivity contribution in [3.8, 4) is 0 Å². The molecule has 0 amide bonds. The van der Waals surface area contributed by atoms with Crippen molar-refractivity contribution in [2.24, 2.45) is 5.41 Å². The van der Waals surface area contributed by atoms with Crippen molar-refractivity contribution < 1.29 is 13.9 Å². The Morgan fingerprint density at radius 1 is 1.61 bits per heavy atom. The third kappa shape index (κ3) is 3.42. The Kier molecular flexibility index (Phi) is 5.08. The molecule has 18 heavy (non-hydrogen) atoms. The fraction of sp³-hybridized carbons (Fsp3) is 0.357. The highest BCUT2D eigenvalue weighted by Crippen LogP contribution is 2.30. The molecule has 4 heteroatoms. The fourth-order valence-corrected chi connectivity index (χ4v) is 1.98. The molecule has 0 saturated heterocycles. The number of hydrogen-bond acceptors (Lipinski definition) is 2. The van der Waals surface area contributed by atoms with Crippen LogP contribution in [0.3, 0.4) is 0 Å². The molecule has 0 aliphatic heterocycles. The maximum Gasteiger partial charge on any atom is 0.315 e. The lowest BCUT2D eigenvalue weighted by molar-refractivity contribution is -0.151. The zero-order valence-electron chi connectivity index (χ0n) is 10.5. The van der Waals surface area contributed by atoms with Crippen LogP contribution in [0.5, 0.6) is 0 Å². The van der Waals surface area contributed by atoms with Crippen LogP contribution in [0.2, 0.25) is 0 Å². The maximum absolute atomic E-state index is 13.2. The zero-order valence-corrected chi connectivity index (χ0v) is 12.1. The Bertz CT molecular complexity index is 459. The molecule has 2 nitrogen and oxygen atoms in total. The first-order valence-electron chi connectivity index (χ1n) is 5.67. The summed E-state index contributed by atoms with van der Waals surface area (Å²) < 4.78 is 19.0. The molecule has 1 unspecified atom stereocenters. The molecular formula is C14H16BrFO2. The third-order valence-corrected chi connectivity index (χ3v) is 3.53. The number of esters is 1. The summed E-state index contributed by atoms with van der Waals surface area (Å²) >= 11 is 3.35. The van der Waals surface area contributed by atoms with Crippen LogP contribution >= 0.6 is 15.9 Å². The molecule has 1 aromatic rings. The van der Waals surface area contributed by atoms with E-state index in [1.165, 1.54) is 12.1 Å². The van der Waals surface area contributed by atoms with E-state index in [2.05, 4.69) is 22.5 Å². The summed E-state index contributed by atoms with van der Waals surface area (Å²) in [5, 5.41) is 0. The second-order valence-electron chi connectivity index (χ2n) is 4.25. The van der Waals surface area contributed by atoms with Crippen molar-refractivity contribution in [1.82, 2.24) is 0 Å². The van der Waals surface area contributed by atoms with Crippen LogP contribution in [-0.4, -0.2) is 12.6 Å². The van der Waals surface area contributed by atoms with E-state index in [4.69, 9.17) is 4.74 Å². The largest absolute Gasteiger partial charge is 0.465 e. The SMILES string of the molecule is C=CC(C)(Cc1cc(F)ccc1Br)C(=O)OCC. The van der Waals surface area contributed by atoms with Crippen LogP contribution in [0.1, 0.15) is 19.4 Å². The van der Waals surface area contributed by atoms with Gasteiger partial charge >= 0.3 is 5.97 Å². The minimum atomic E-state index is -0.855. The van der Waals surface area contributed by atoms with Gasteiger partial charge in [0.05, 0.1) is 12.0 Å². The predicted octanol–water partition coefficient (Wildman–Crippen LogP) is 3.89. The smallest absolute Gasteiger partial charge is 0.315 e. The second-order valence-corrected chi connectivity index (χ2v) is 5.11. The summed E-state index contributed by atoms with van der Waals surface area (Å²) in [6.07, 6.45) is 1.88. The minimum Gasteiger partial charge on any atom is -0.465 e. The van der Waals surface area contributed by atoms with Gasteiger partial charge in [-0.1, -0.05) is 22.0 Å². The van der Waals surface area contributed by atoms with Crippen LogP contribution in [-0.2, 0) is 16.0 Å². The van der Waals surface area contributed by atoms with Gasteiger partial charge in [-0.3, -0.25) is 4.79 Å². The van der Waals surface area contributed by atoms with Gasteiger partial charge in [-0.15, -0.1) is 6.58 Å². The summed E-state index contributed by atoms with van der Waals surface area (Å²) in [5.74, 6) is -0.681. The summed E-state index contributed by atoms with van der Waals surface area (Å²) in [6.45, 7) is 7.47. The number of rotatable bonds is 5. The number of benzene rings is 1. The predicted molar refractivity (Wildman–Crippen MR) is 72.7 cm³/mol. The van der Waals surface area contributed by atoms with E-state index in [-0.39, 0.29) is 11.8 Å². The third-order valence-electron chi connectivity index (χ3n) is 2.76. The Labute approximate surface area is 115 Å². The van der Waals surface area contributed by atoms with E-state index in [0.717, 1.165) is 4.47 Å². The second kappa shape index (κ2) is 6.14. The molecule has 0 aliphatic carbocycles. The van der Waals surface area contributed by atoms with Gasteiger partial charge in [0.1, 0.15) is 5.82 Å². The van der Waals surface area contributed by atoms with Crippen LogP contribution < -0.4 is 0 Å². The molecular weight excluding hydrogens is 299 g/mol. The monoisotopic (exact) mass is 314 g/mol. The van der Waals surface area contributed by atoms with E-state index in [1.807, 2.05) is 0 Å². The molecule has 0 saturated carbocycles. The summed E-state index contributed by atoms with van der Waals surface area (Å²) in [6, 6.07) is 4.40. The molecule has 0 aliphatic rings. The molecule has 0 bridgehead atoms. The first kappa shape index (κ1) is 14.9. The lowest BCUT2D eigenvalue weighted by atomic mass is 9.84. The molecule has 98 valence electrons. The van der Waals surface area contributed by atoms with Gasteiger partial charge in [-0.2, -0.15) is 0 Å². The van der Waals surface area contributed by atoms with Crippen molar-refractivity contribution in [2.75, 3.05) is 6.61 Å². The average molecular weight is 315 g/mol. The number of carbonyl (C=O) groups is 1. The van der Waals surface area contributed by atoms with Crippen molar-refractivity contribution in [1.29, 1.82) is 0 Å². The van der Waals surface area contributed by atoms with Crippen molar-refractivity contribution in [2.45, 2.75) is 20.3 Å². The number of halogens is 2. The number of ether oxygens (including phenoxy) is 1. The summed E-state index contributed by atoms with van der Waals surface area (Å²) in [5.41, 5.74) is -0.141. The Balaban J connectivity index is 3.01. The first-order valence-corrected chi connectivity index (χ1v) is 6.47. The molecule has 0 N–H and O–H groups in total. The highest BCUT2D eigenvalue weighted by atomic mass is 79.9. The fourth-order valence-electron chi connectivity index (χ4n) is 1.60. The molecule has 0 heterocycles. The number of hydrogen-bond donors (Lipinski definition) is 0. The molecule has 1 aromatic carbocycles. The minimum absolute atomic E-state index is 0.312. The van der Waals surface area contributed by atoms with E-state index >= 15 is 0 Å². The van der Waals surface area contributed by atoms with Crippen LogP contribution in [0.25, 0.3) is 0 Å². The van der Waals surface area contributed by atoms with Gasteiger partial charge < -0.3 is 4.74 Å². The van der Waals surface area contributed by atoms with Crippen LogP contribution in [0.15, 0.2) is 35.3 Å². The molecule has 1 rings (SSSR count). The topological polar surface area (TPSA) is 26.3 Å². The Morgan fingerprint density at radius 2 is 2.28 bits per heavy atom. The Hall–Kier alpha value is -1.16. The lowest BCUT2D eigenvalue weighted by Gasteiger charge is -2.23. The highest BCUT2D eigenvalue weighted by molar-refractivity contribution is 9.10. The first-order chi connectivity index (χ1) is 8.42. The van der Waals surface area contributed by atoms with Gasteiger partial charge in [0.15, 0.2) is 0 Å². The molecule has 1 atom stereocenters. The zero-order chi connectivity index (χ0) is 13.8. The molecule has 0 aromatic heterocycles. The van der Waals surface area contributed by atoms with Gasteiger partial charge in [0.2, 0.25) is 0 Å². The van der Waals surface area contributed by atoms with Crippen LogP contribution in [0, 0.1) is 11.2 Å². The standard InChI is InChI=1S/C14H16BrFO2/c1-4-14(3,13(17)18-5-2)9-10-8-11(16)6-7-12(10)15/h4,6-8H,1,5,9H2,2-3H3. The van der Waals surface area contributed by atoms with E-state index in [9.17, 15) is 9.18 Å². The van der Waals surface area contributed by atoms with Crippen molar-refractivity contribution in [3.05, 3.63) is 46.7 Å². The molecule has 0 spiro atoms. The van der Waals surface area contributed by atoms with Gasteiger partial charge in [-0.25, -0.2) is 4.39 Å². The van der Waals surface area contributed by atoms with Gasteiger partial charge in [0.25, 0.3) is 0 Å². The number of carbonyl (C=O) groups excluding carboxylic acids is 1. The average Bonchev–Trinajstić information content (AvgIpc) is 2.34. The van der Waals surface area contributed by atoms with Gasteiger partial charge in [0, 0.05) is 4.47 Å². The molecule has 0 fully saturated rings. The van der Waals surface area contributed by atoms with E-state index in [0.29, 0.717) is 18.6 Å². The highest BCUT2D eigenvalue weighted by Gasteiger charge is 2.32. The quantitative estimate of drug-likeness (QED) is 0.609.